The minimum Gasteiger partial charge on any atom is -0.292 e. The van der Waals surface area contributed by atoms with E-state index in [-0.39, 0.29) is 11.8 Å². The van der Waals surface area contributed by atoms with Crippen molar-refractivity contribution in [1.82, 2.24) is 9.78 Å². The molecule has 0 bridgehead atoms. The molecule has 2 rings (SSSR count). The molecule has 1 aromatic heterocycles. The Balaban J connectivity index is 2.53. The van der Waals surface area contributed by atoms with Crippen LogP contribution in [0.2, 0.25) is 0 Å². The molecule has 0 N–H and O–H groups in total. The normalized spacial score (nSPS) is 15.8. The summed E-state index contributed by atoms with van der Waals surface area (Å²) in [6.45, 7) is 4.08. The molecule has 1 aromatic rings. The van der Waals surface area contributed by atoms with Gasteiger partial charge in [0.25, 0.3) is 0 Å². The van der Waals surface area contributed by atoms with E-state index in [1.54, 1.807) is 0 Å². The van der Waals surface area contributed by atoms with Crippen molar-refractivity contribution in [3.8, 4) is 0 Å². The maximum atomic E-state index is 11.4. The van der Waals surface area contributed by atoms with Crippen LogP contribution in [0.4, 0.5) is 0 Å². The van der Waals surface area contributed by atoms with Gasteiger partial charge in [0.15, 0.2) is 5.78 Å². The van der Waals surface area contributed by atoms with Gasteiger partial charge in [-0.3, -0.25) is 9.48 Å². The van der Waals surface area contributed by atoms with Crippen LogP contribution < -0.4 is 0 Å². The lowest BCUT2D eigenvalue weighted by Gasteiger charge is -2.07. The van der Waals surface area contributed by atoms with Crippen LogP contribution in [0.25, 0.3) is 0 Å². The standard InChI is InChI=1S/C9H12N2O/c1-6(2)11-9-7(5-10-11)3-4-8(9)12/h5-6H,3-4H2,1-2H3. The minimum absolute atomic E-state index is 0.246. The molecule has 3 nitrogen and oxygen atoms in total. The first-order chi connectivity index (χ1) is 5.70. The second-order valence-electron chi connectivity index (χ2n) is 3.48. The van der Waals surface area contributed by atoms with Gasteiger partial charge in [-0.1, -0.05) is 0 Å². The predicted molar refractivity (Wildman–Crippen MR) is 45.3 cm³/mol. The van der Waals surface area contributed by atoms with Gasteiger partial charge in [0, 0.05) is 18.0 Å². The summed E-state index contributed by atoms with van der Waals surface area (Å²) in [4.78, 5) is 11.4. The summed E-state index contributed by atoms with van der Waals surface area (Å²) >= 11 is 0. The summed E-state index contributed by atoms with van der Waals surface area (Å²) in [5.74, 6) is 0.246. The fraction of sp³-hybridized carbons (Fsp3) is 0.556. The summed E-state index contributed by atoms with van der Waals surface area (Å²) in [6, 6.07) is 0.288. The van der Waals surface area contributed by atoms with Gasteiger partial charge >= 0.3 is 0 Å². The third-order valence-corrected chi connectivity index (χ3v) is 2.25. The smallest absolute Gasteiger partial charge is 0.181 e. The summed E-state index contributed by atoms with van der Waals surface area (Å²) in [5.41, 5.74) is 1.96. The highest BCUT2D eigenvalue weighted by molar-refractivity contribution is 5.98. The Morgan fingerprint density at radius 1 is 1.50 bits per heavy atom. The van der Waals surface area contributed by atoms with Gasteiger partial charge in [0.05, 0.1) is 6.20 Å². The first kappa shape index (κ1) is 7.53. The average molecular weight is 164 g/mol. The molecule has 0 saturated heterocycles. The topological polar surface area (TPSA) is 34.9 Å². The quantitative estimate of drug-likeness (QED) is 0.631. The van der Waals surface area contributed by atoms with Crippen molar-refractivity contribution >= 4 is 5.78 Å². The van der Waals surface area contributed by atoms with E-state index in [2.05, 4.69) is 5.10 Å². The average Bonchev–Trinajstić information content (AvgIpc) is 2.53. The van der Waals surface area contributed by atoms with E-state index in [1.807, 2.05) is 24.7 Å². The van der Waals surface area contributed by atoms with Gasteiger partial charge < -0.3 is 0 Å². The van der Waals surface area contributed by atoms with Crippen LogP contribution >= 0.6 is 0 Å². The Morgan fingerprint density at radius 2 is 2.25 bits per heavy atom. The molecule has 0 amide bonds. The fourth-order valence-corrected chi connectivity index (χ4v) is 1.65. The van der Waals surface area contributed by atoms with Crippen LogP contribution in [-0.4, -0.2) is 15.6 Å². The number of hydrogen-bond donors (Lipinski definition) is 0. The zero-order chi connectivity index (χ0) is 8.72. The monoisotopic (exact) mass is 164 g/mol. The van der Waals surface area contributed by atoms with Gasteiger partial charge in [-0.05, 0) is 20.3 Å². The second kappa shape index (κ2) is 2.44. The summed E-state index contributed by atoms with van der Waals surface area (Å²) in [5, 5.41) is 4.18. The van der Waals surface area contributed by atoms with Crippen LogP contribution in [0.15, 0.2) is 6.20 Å². The number of hydrogen-bond acceptors (Lipinski definition) is 2. The SMILES string of the molecule is CC(C)n1ncc2c1C(=O)CC2. The number of nitrogens with zero attached hydrogens (tertiary/aromatic N) is 2. The molecular formula is C9H12N2O. The number of carbonyl (C=O) groups excluding carboxylic acids is 1. The summed E-state index contributed by atoms with van der Waals surface area (Å²) < 4.78 is 1.82. The number of ketones is 1. The molecule has 0 aromatic carbocycles. The summed E-state index contributed by atoms with van der Waals surface area (Å²) in [6.07, 6.45) is 3.36. The number of aryl methyl sites for hydroxylation is 1. The highest BCUT2D eigenvalue weighted by Crippen LogP contribution is 2.23. The van der Waals surface area contributed by atoms with Crippen LogP contribution in [-0.2, 0) is 6.42 Å². The maximum absolute atomic E-state index is 11.4. The highest BCUT2D eigenvalue weighted by Gasteiger charge is 2.25. The predicted octanol–water partition coefficient (Wildman–Crippen LogP) is 1.59. The van der Waals surface area contributed by atoms with E-state index < -0.39 is 0 Å². The second-order valence-corrected chi connectivity index (χ2v) is 3.48. The zero-order valence-electron chi connectivity index (χ0n) is 7.37. The van der Waals surface area contributed by atoms with Crippen molar-refractivity contribution in [2.45, 2.75) is 32.7 Å². The van der Waals surface area contributed by atoms with E-state index in [9.17, 15) is 4.79 Å². The molecule has 0 spiro atoms. The molecule has 12 heavy (non-hydrogen) atoms. The molecule has 64 valence electrons. The first-order valence-electron chi connectivity index (χ1n) is 4.29. The van der Waals surface area contributed by atoms with Gasteiger partial charge in [0.2, 0.25) is 0 Å². The zero-order valence-corrected chi connectivity index (χ0v) is 7.37. The number of aromatic nitrogens is 2. The van der Waals surface area contributed by atoms with Crippen molar-refractivity contribution in [3.63, 3.8) is 0 Å². The molecule has 3 heteroatoms. The lowest BCUT2D eigenvalue weighted by molar-refractivity contribution is 0.0983. The van der Waals surface area contributed by atoms with Crippen LogP contribution in [0.1, 0.15) is 42.4 Å². The maximum Gasteiger partial charge on any atom is 0.181 e. The van der Waals surface area contributed by atoms with Crippen LogP contribution in [0, 0.1) is 0 Å². The molecule has 0 atom stereocenters. The molecule has 0 unspecified atom stereocenters. The Bertz CT molecular complexity index is 325. The van der Waals surface area contributed by atoms with Gasteiger partial charge in [-0.15, -0.1) is 0 Å². The van der Waals surface area contributed by atoms with Gasteiger partial charge in [-0.25, -0.2) is 0 Å². The van der Waals surface area contributed by atoms with Crippen molar-refractivity contribution < 1.29 is 4.79 Å². The third-order valence-electron chi connectivity index (χ3n) is 2.25. The van der Waals surface area contributed by atoms with Gasteiger partial charge in [0.1, 0.15) is 5.69 Å². The van der Waals surface area contributed by atoms with Crippen molar-refractivity contribution in [3.05, 3.63) is 17.5 Å². The minimum atomic E-state index is 0.246. The van der Waals surface area contributed by atoms with E-state index in [0.717, 1.165) is 17.7 Å². The lowest BCUT2D eigenvalue weighted by atomic mass is 10.3. The molecular weight excluding hydrogens is 152 g/mol. The Morgan fingerprint density at radius 3 is 2.92 bits per heavy atom. The van der Waals surface area contributed by atoms with Crippen molar-refractivity contribution in [2.24, 2.45) is 0 Å². The van der Waals surface area contributed by atoms with E-state index in [1.165, 1.54) is 0 Å². The van der Waals surface area contributed by atoms with E-state index in [0.29, 0.717) is 6.42 Å². The molecule has 0 saturated carbocycles. The third kappa shape index (κ3) is 0.891. The number of carbonyl (C=O) groups is 1. The molecule has 1 aliphatic carbocycles. The molecule has 1 aliphatic rings. The summed E-state index contributed by atoms with van der Waals surface area (Å²) in [7, 11) is 0. The molecule has 1 heterocycles. The Kier molecular flexibility index (Phi) is 1.53. The first-order valence-corrected chi connectivity index (χ1v) is 4.29. The number of fused-ring (bicyclic) bond motifs is 1. The van der Waals surface area contributed by atoms with Crippen molar-refractivity contribution in [1.29, 1.82) is 0 Å². The molecule has 0 radical (unpaired) electrons. The number of rotatable bonds is 1. The molecule has 0 aliphatic heterocycles. The Hall–Kier alpha value is -1.12. The number of Topliss-reactive ketones (excluding diaryl/α,β-unsaturated/α-hetero) is 1. The van der Waals surface area contributed by atoms with Crippen LogP contribution in [0.3, 0.4) is 0 Å². The van der Waals surface area contributed by atoms with Gasteiger partial charge in [-0.2, -0.15) is 5.10 Å². The molecule has 0 fully saturated rings. The largest absolute Gasteiger partial charge is 0.292 e. The van der Waals surface area contributed by atoms with E-state index >= 15 is 0 Å². The lowest BCUT2D eigenvalue weighted by Crippen LogP contribution is -2.10. The van der Waals surface area contributed by atoms with E-state index in [4.69, 9.17) is 0 Å². The van der Waals surface area contributed by atoms with Crippen molar-refractivity contribution in [2.75, 3.05) is 0 Å². The Labute approximate surface area is 71.4 Å². The fourth-order valence-electron chi connectivity index (χ4n) is 1.65. The van der Waals surface area contributed by atoms with Crippen LogP contribution in [0.5, 0.6) is 0 Å². The highest BCUT2D eigenvalue weighted by atomic mass is 16.1.